The predicted molar refractivity (Wildman–Crippen MR) is 77.3 cm³/mol. The third kappa shape index (κ3) is 4.23. The molecule has 2 rings (SSSR count). The highest BCUT2D eigenvalue weighted by atomic mass is 35.5. The normalized spacial score (nSPS) is 10.4. The van der Waals surface area contributed by atoms with Crippen LogP contribution in [0.15, 0.2) is 42.5 Å². The molecule has 19 heavy (non-hydrogen) atoms. The first-order valence-corrected chi connectivity index (χ1v) is 6.69. The fourth-order valence-corrected chi connectivity index (χ4v) is 1.99. The van der Waals surface area contributed by atoms with Gasteiger partial charge in [-0.1, -0.05) is 30.3 Å². The van der Waals surface area contributed by atoms with Crippen LogP contribution in [0.4, 0.5) is 0 Å². The van der Waals surface area contributed by atoms with Crippen LogP contribution in [0, 0.1) is 0 Å². The molecule has 0 aliphatic heterocycles. The maximum absolute atomic E-state index is 5.82. The molecule has 0 unspecified atom stereocenters. The first kappa shape index (κ1) is 13.8. The van der Waals surface area contributed by atoms with E-state index in [2.05, 4.69) is 22.4 Å². The van der Waals surface area contributed by atoms with Crippen molar-refractivity contribution in [3.63, 3.8) is 0 Å². The number of ether oxygens (including phenoxy) is 1. The van der Waals surface area contributed by atoms with E-state index >= 15 is 0 Å². The predicted octanol–water partition coefficient (Wildman–Crippen LogP) is 3.12. The summed E-state index contributed by atoms with van der Waals surface area (Å²) in [4.78, 5) is 4.35. The zero-order chi connectivity index (χ0) is 13.5. The molecule has 0 amide bonds. The van der Waals surface area contributed by atoms with E-state index in [9.17, 15) is 0 Å². The van der Waals surface area contributed by atoms with Gasteiger partial charge in [0.2, 0.25) is 5.88 Å². The van der Waals surface area contributed by atoms with Gasteiger partial charge in [0.05, 0.1) is 12.8 Å². The Balaban J connectivity index is 1.88. The van der Waals surface area contributed by atoms with Crippen molar-refractivity contribution < 1.29 is 4.74 Å². The average Bonchev–Trinajstić information content (AvgIpc) is 2.48. The van der Waals surface area contributed by atoms with Crippen molar-refractivity contribution in [3.05, 3.63) is 59.3 Å². The lowest BCUT2D eigenvalue weighted by Crippen LogP contribution is -2.13. The van der Waals surface area contributed by atoms with Gasteiger partial charge in [-0.25, -0.2) is 4.98 Å². The molecule has 2 aromatic rings. The maximum Gasteiger partial charge on any atom is 0.213 e. The minimum Gasteiger partial charge on any atom is -0.481 e. The molecule has 0 radical (unpaired) electrons. The number of pyridine rings is 1. The maximum atomic E-state index is 5.82. The Labute approximate surface area is 118 Å². The first-order valence-electron chi connectivity index (χ1n) is 6.16. The number of benzene rings is 1. The third-order valence-electron chi connectivity index (χ3n) is 2.77. The summed E-state index contributed by atoms with van der Waals surface area (Å²) in [6.45, 7) is 1.51. The number of alkyl halides is 1. The zero-order valence-corrected chi connectivity index (χ0v) is 11.7. The highest BCUT2D eigenvalue weighted by Gasteiger charge is 1.99. The molecule has 0 aliphatic carbocycles. The van der Waals surface area contributed by atoms with Gasteiger partial charge in [-0.2, -0.15) is 0 Å². The molecule has 4 heteroatoms. The Morgan fingerprint density at radius 1 is 1.11 bits per heavy atom. The Hall–Kier alpha value is -1.58. The number of nitrogens with zero attached hydrogens (tertiary/aromatic N) is 1. The number of halogens is 1. The van der Waals surface area contributed by atoms with E-state index in [1.54, 1.807) is 7.11 Å². The number of aromatic nitrogens is 1. The second kappa shape index (κ2) is 7.12. The second-order valence-corrected chi connectivity index (χ2v) is 4.50. The lowest BCUT2D eigenvalue weighted by atomic mass is 10.1. The summed E-state index contributed by atoms with van der Waals surface area (Å²) in [5, 5.41) is 3.36. The van der Waals surface area contributed by atoms with E-state index in [4.69, 9.17) is 16.3 Å². The molecule has 0 saturated heterocycles. The highest BCUT2D eigenvalue weighted by molar-refractivity contribution is 6.17. The van der Waals surface area contributed by atoms with Crippen LogP contribution in [0.25, 0.3) is 0 Å². The van der Waals surface area contributed by atoms with Gasteiger partial charge in [-0.15, -0.1) is 11.6 Å². The Morgan fingerprint density at radius 3 is 2.68 bits per heavy atom. The summed E-state index contributed by atoms with van der Waals surface area (Å²) >= 11 is 5.82. The summed E-state index contributed by atoms with van der Waals surface area (Å²) in [7, 11) is 1.62. The van der Waals surface area contributed by atoms with Crippen molar-refractivity contribution in [2.75, 3.05) is 7.11 Å². The Kier molecular flexibility index (Phi) is 5.19. The number of nitrogens with one attached hydrogen (secondary N) is 1. The van der Waals surface area contributed by atoms with Crippen LogP contribution >= 0.6 is 11.6 Å². The SMILES string of the molecule is COc1cccc(CNCc2cccc(CCl)c2)n1. The standard InChI is InChI=1S/C15H17ClN2O/c1-19-15-7-3-6-14(18-15)11-17-10-13-5-2-4-12(8-13)9-16/h2-8,17H,9-11H2,1H3. The van der Waals surface area contributed by atoms with Crippen LogP contribution in [-0.2, 0) is 19.0 Å². The van der Waals surface area contributed by atoms with Gasteiger partial charge in [0.1, 0.15) is 0 Å². The second-order valence-electron chi connectivity index (χ2n) is 4.23. The summed E-state index contributed by atoms with van der Waals surface area (Å²) in [5.41, 5.74) is 3.33. The van der Waals surface area contributed by atoms with Crippen molar-refractivity contribution in [1.82, 2.24) is 10.3 Å². The minimum atomic E-state index is 0.547. The van der Waals surface area contributed by atoms with Gasteiger partial charge in [0.15, 0.2) is 0 Å². The summed E-state index contributed by atoms with van der Waals surface area (Å²) in [6, 6.07) is 14.0. The molecule has 100 valence electrons. The molecule has 1 aromatic heterocycles. The van der Waals surface area contributed by atoms with Crippen molar-refractivity contribution in [2.45, 2.75) is 19.0 Å². The molecule has 0 bridgehead atoms. The van der Waals surface area contributed by atoms with Gasteiger partial charge in [-0.3, -0.25) is 0 Å². The fraction of sp³-hybridized carbons (Fsp3) is 0.267. The van der Waals surface area contributed by atoms with Gasteiger partial charge >= 0.3 is 0 Å². The molecule has 0 saturated carbocycles. The van der Waals surface area contributed by atoms with E-state index in [1.807, 2.05) is 30.3 Å². The van der Waals surface area contributed by atoms with E-state index in [0.29, 0.717) is 18.3 Å². The van der Waals surface area contributed by atoms with Crippen molar-refractivity contribution in [3.8, 4) is 5.88 Å². The number of methoxy groups -OCH3 is 1. The quantitative estimate of drug-likeness (QED) is 0.823. The van der Waals surface area contributed by atoms with Crippen molar-refractivity contribution in [2.24, 2.45) is 0 Å². The van der Waals surface area contributed by atoms with Crippen molar-refractivity contribution in [1.29, 1.82) is 0 Å². The third-order valence-corrected chi connectivity index (χ3v) is 3.08. The van der Waals surface area contributed by atoms with Crippen LogP contribution in [0.5, 0.6) is 5.88 Å². The van der Waals surface area contributed by atoms with E-state index in [0.717, 1.165) is 17.8 Å². The molecule has 0 aliphatic rings. The van der Waals surface area contributed by atoms with Gasteiger partial charge in [-0.05, 0) is 17.2 Å². The highest BCUT2D eigenvalue weighted by Crippen LogP contribution is 2.09. The zero-order valence-electron chi connectivity index (χ0n) is 10.9. The average molecular weight is 277 g/mol. The van der Waals surface area contributed by atoms with E-state index < -0.39 is 0 Å². The molecule has 1 heterocycles. The van der Waals surface area contributed by atoms with Crippen molar-refractivity contribution >= 4 is 11.6 Å². The summed E-state index contributed by atoms with van der Waals surface area (Å²) < 4.78 is 5.10. The number of rotatable bonds is 6. The fourth-order valence-electron chi connectivity index (χ4n) is 1.83. The Bertz CT molecular complexity index is 484. The molecular formula is C15H17ClN2O. The van der Waals surface area contributed by atoms with Gasteiger partial charge in [0, 0.05) is 25.0 Å². The molecule has 0 atom stereocenters. The van der Waals surface area contributed by atoms with Crippen LogP contribution in [-0.4, -0.2) is 12.1 Å². The number of hydrogen-bond donors (Lipinski definition) is 1. The van der Waals surface area contributed by atoms with Crippen LogP contribution < -0.4 is 10.1 Å². The van der Waals surface area contributed by atoms with Crippen LogP contribution in [0.2, 0.25) is 0 Å². The lowest BCUT2D eigenvalue weighted by molar-refractivity contribution is 0.395. The van der Waals surface area contributed by atoms with Crippen LogP contribution in [0.1, 0.15) is 16.8 Å². The first-order chi connectivity index (χ1) is 9.31. The smallest absolute Gasteiger partial charge is 0.213 e. The topological polar surface area (TPSA) is 34.1 Å². The summed E-state index contributed by atoms with van der Waals surface area (Å²) in [6.07, 6.45) is 0. The van der Waals surface area contributed by atoms with E-state index in [1.165, 1.54) is 5.56 Å². The van der Waals surface area contributed by atoms with Crippen LogP contribution in [0.3, 0.4) is 0 Å². The molecule has 1 N–H and O–H groups in total. The lowest BCUT2D eigenvalue weighted by Gasteiger charge is -2.07. The molecule has 0 spiro atoms. The molecular weight excluding hydrogens is 260 g/mol. The van der Waals surface area contributed by atoms with E-state index in [-0.39, 0.29) is 0 Å². The van der Waals surface area contributed by atoms with Gasteiger partial charge in [0.25, 0.3) is 0 Å². The summed E-state index contributed by atoms with van der Waals surface area (Å²) in [5.74, 6) is 1.19. The minimum absolute atomic E-state index is 0.547. The molecule has 1 aromatic carbocycles. The molecule has 3 nitrogen and oxygen atoms in total. The largest absolute Gasteiger partial charge is 0.481 e. The molecule has 0 fully saturated rings. The Morgan fingerprint density at radius 2 is 1.89 bits per heavy atom. The monoisotopic (exact) mass is 276 g/mol. The number of hydrogen-bond acceptors (Lipinski definition) is 3. The van der Waals surface area contributed by atoms with Gasteiger partial charge < -0.3 is 10.1 Å².